The number of rotatable bonds is 9. The van der Waals surface area contributed by atoms with Crippen LogP contribution in [-0.2, 0) is 29.1 Å². The van der Waals surface area contributed by atoms with E-state index in [2.05, 4.69) is 6.07 Å². The third-order valence-electron chi connectivity index (χ3n) is 5.59. The lowest BCUT2D eigenvalue weighted by Gasteiger charge is -2.14. The number of hydrogen-bond acceptors (Lipinski definition) is 6. The molecule has 0 spiro atoms. The predicted octanol–water partition coefficient (Wildman–Crippen LogP) is 5.45. The van der Waals surface area contributed by atoms with E-state index in [1.807, 2.05) is 36.4 Å². The van der Waals surface area contributed by atoms with E-state index in [4.69, 9.17) is 19.6 Å². The van der Waals surface area contributed by atoms with Crippen LogP contribution in [0.5, 0.6) is 5.75 Å². The van der Waals surface area contributed by atoms with Gasteiger partial charge < -0.3 is 19.6 Å². The lowest BCUT2D eigenvalue weighted by molar-refractivity contribution is -0.142. The monoisotopic (exact) mass is 457 g/mol. The summed E-state index contributed by atoms with van der Waals surface area (Å²) in [7, 11) is 0. The molecule has 34 heavy (non-hydrogen) atoms. The van der Waals surface area contributed by atoms with Gasteiger partial charge in [0.25, 0.3) is 0 Å². The number of carbonyl (C=O) groups is 2. The van der Waals surface area contributed by atoms with Crippen LogP contribution >= 0.6 is 0 Å². The number of ketones is 1. The van der Waals surface area contributed by atoms with E-state index in [1.54, 1.807) is 31.4 Å². The molecule has 0 atom stereocenters. The van der Waals surface area contributed by atoms with Crippen molar-refractivity contribution in [3.8, 4) is 16.9 Å². The third kappa shape index (κ3) is 5.18. The Morgan fingerprint density at radius 3 is 2.62 bits per heavy atom. The molecule has 0 saturated carbocycles. The van der Waals surface area contributed by atoms with Gasteiger partial charge in [0.15, 0.2) is 5.78 Å². The van der Waals surface area contributed by atoms with Gasteiger partial charge in [0.2, 0.25) is 0 Å². The second kappa shape index (κ2) is 10.4. The minimum absolute atomic E-state index is 0.0687. The molecule has 0 aliphatic heterocycles. The summed E-state index contributed by atoms with van der Waals surface area (Å²) < 4.78 is 17.0. The Hall–Kier alpha value is -3.90. The first-order valence-electron chi connectivity index (χ1n) is 11.2. The van der Waals surface area contributed by atoms with Crippen LogP contribution in [0.25, 0.3) is 22.1 Å². The van der Waals surface area contributed by atoms with Gasteiger partial charge in [0, 0.05) is 28.6 Å². The van der Waals surface area contributed by atoms with Crippen LogP contribution in [0, 0.1) is 0 Å². The fourth-order valence-electron chi connectivity index (χ4n) is 3.89. The Balaban J connectivity index is 1.66. The van der Waals surface area contributed by atoms with Crippen LogP contribution in [-0.4, -0.2) is 18.4 Å². The summed E-state index contributed by atoms with van der Waals surface area (Å²) in [5.41, 5.74) is 11.7. The number of ether oxygens (including phenoxy) is 2. The van der Waals surface area contributed by atoms with E-state index in [0.29, 0.717) is 30.0 Å². The topological polar surface area (TPSA) is 91.8 Å². The second-order valence-electron chi connectivity index (χ2n) is 8.04. The van der Waals surface area contributed by atoms with Crippen molar-refractivity contribution in [2.45, 2.75) is 33.4 Å². The van der Waals surface area contributed by atoms with Crippen LogP contribution in [0.15, 0.2) is 71.3 Å². The minimum Gasteiger partial charge on any atom is -0.489 e. The first-order valence-corrected chi connectivity index (χ1v) is 11.2. The highest BCUT2D eigenvalue weighted by molar-refractivity contribution is 5.95. The molecular weight excluding hydrogens is 430 g/mol. The van der Waals surface area contributed by atoms with Gasteiger partial charge in [0.05, 0.1) is 19.3 Å². The Kier molecular flexibility index (Phi) is 7.09. The molecule has 0 amide bonds. The Morgan fingerprint density at radius 2 is 1.85 bits per heavy atom. The minimum atomic E-state index is -0.343. The molecular formula is C28H27NO5. The summed E-state index contributed by atoms with van der Waals surface area (Å²) in [6.45, 7) is 4.27. The predicted molar refractivity (Wildman–Crippen MR) is 131 cm³/mol. The van der Waals surface area contributed by atoms with Crippen molar-refractivity contribution in [3.63, 3.8) is 0 Å². The van der Waals surface area contributed by atoms with Gasteiger partial charge in [-0.05, 0) is 60.9 Å². The number of Topliss-reactive ketones (excluding diaryl/α,β-unsaturated/α-hetero) is 1. The van der Waals surface area contributed by atoms with Gasteiger partial charge in [-0.25, -0.2) is 0 Å². The largest absolute Gasteiger partial charge is 0.489 e. The van der Waals surface area contributed by atoms with Crippen molar-refractivity contribution in [3.05, 3.63) is 89.2 Å². The SMILES string of the molecule is CCOC(=O)Cc1ccc(C(C)=O)cc1OCc1cc(-c2cccc(CN)c2)c2occc2c1. The molecule has 0 aliphatic carbocycles. The standard InChI is InChI=1S/C28H27NO5/c1-3-32-27(31)15-23-8-7-21(18(2)30)14-26(23)34-17-20-12-24-9-10-33-28(24)25(13-20)22-6-4-5-19(11-22)16-29/h4-14H,3,15-17,29H2,1-2H3. The van der Waals surface area contributed by atoms with Gasteiger partial charge in [0.1, 0.15) is 17.9 Å². The highest BCUT2D eigenvalue weighted by atomic mass is 16.5. The Labute approximate surface area is 198 Å². The van der Waals surface area contributed by atoms with Crippen LogP contribution in [0.3, 0.4) is 0 Å². The normalized spacial score (nSPS) is 10.9. The molecule has 174 valence electrons. The number of esters is 1. The summed E-state index contributed by atoms with van der Waals surface area (Å²) in [5.74, 6) is 0.0685. The zero-order valence-electron chi connectivity index (χ0n) is 19.3. The summed E-state index contributed by atoms with van der Waals surface area (Å²) in [5, 5.41) is 0.957. The van der Waals surface area contributed by atoms with Crippen LogP contribution in [0.1, 0.15) is 40.9 Å². The molecule has 6 heteroatoms. The molecule has 1 aromatic heterocycles. The number of carbonyl (C=O) groups excluding carboxylic acids is 2. The summed E-state index contributed by atoms with van der Waals surface area (Å²) >= 11 is 0. The van der Waals surface area contributed by atoms with E-state index in [0.717, 1.165) is 33.2 Å². The first kappa shape index (κ1) is 23.3. The maximum atomic E-state index is 12.1. The van der Waals surface area contributed by atoms with Crippen molar-refractivity contribution >= 4 is 22.7 Å². The second-order valence-corrected chi connectivity index (χ2v) is 8.04. The maximum Gasteiger partial charge on any atom is 0.310 e. The number of benzene rings is 3. The lowest BCUT2D eigenvalue weighted by atomic mass is 9.99. The quantitative estimate of drug-likeness (QED) is 0.266. The molecule has 2 N–H and O–H groups in total. The van der Waals surface area contributed by atoms with Crippen LogP contribution < -0.4 is 10.5 Å². The molecule has 3 aromatic carbocycles. The molecule has 6 nitrogen and oxygen atoms in total. The smallest absolute Gasteiger partial charge is 0.310 e. The fraction of sp³-hybridized carbons (Fsp3) is 0.214. The van der Waals surface area contributed by atoms with Crippen molar-refractivity contribution in [1.82, 2.24) is 0 Å². The van der Waals surface area contributed by atoms with Crippen LogP contribution in [0.4, 0.5) is 0 Å². The molecule has 4 rings (SSSR count). The average Bonchev–Trinajstić information content (AvgIpc) is 3.31. The summed E-state index contributed by atoms with van der Waals surface area (Å²) in [6.07, 6.45) is 1.73. The van der Waals surface area contributed by atoms with Gasteiger partial charge in [-0.2, -0.15) is 0 Å². The number of furan rings is 1. The van der Waals surface area contributed by atoms with Crippen molar-refractivity contribution in [2.24, 2.45) is 5.73 Å². The first-order chi connectivity index (χ1) is 16.5. The van der Waals surface area contributed by atoms with E-state index in [1.165, 1.54) is 6.92 Å². The van der Waals surface area contributed by atoms with Crippen LogP contribution in [0.2, 0.25) is 0 Å². The van der Waals surface area contributed by atoms with E-state index < -0.39 is 0 Å². The molecule has 0 bridgehead atoms. The molecule has 0 fully saturated rings. The lowest BCUT2D eigenvalue weighted by Crippen LogP contribution is -2.10. The number of fused-ring (bicyclic) bond motifs is 1. The summed E-state index contributed by atoms with van der Waals surface area (Å²) in [6, 6.07) is 19.1. The average molecular weight is 458 g/mol. The molecule has 0 radical (unpaired) electrons. The third-order valence-corrected chi connectivity index (χ3v) is 5.59. The van der Waals surface area contributed by atoms with Gasteiger partial charge in [-0.15, -0.1) is 0 Å². The maximum absolute atomic E-state index is 12.1. The van der Waals surface area contributed by atoms with Crippen molar-refractivity contribution in [1.29, 1.82) is 0 Å². The molecule has 0 aliphatic rings. The number of nitrogens with two attached hydrogens (primary N) is 1. The van der Waals surface area contributed by atoms with Gasteiger partial charge in [-0.1, -0.05) is 30.3 Å². The zero-order chi connectivity index (χ0) is 24.1. The highest BCUT2D eigenvalue weighted by Gasteiger charge is 2.15. The highest BCUT2D eigenvalue weighted by Crippen LogP contribution is 2.32. The molecule has 4 aromatic rings. The molecule has 0 saturated heterocycles. The van der Waals surface area contributed by atoms with Crippen molar-refractivity contribution in [2.75, 3.05) is 6.61 Å². The fourth-order valence-corrected chi connectivity index (χ4v) is 3.89. The van der Waals surface area contributed by atoms with Gasteiger partial charge in [-0.3, -0.25) is 9.59 Å². The van der Waals surface area contributed by atoms with E-state index in [-0.39, 0.29) is 24.8 Å². The van der Waals surface area contributed by atoms with E-state index >= 15 is 0 Å². The van der Waals surface area contributed by atoms with Gasteiger partial charge >= 0.3 is 5.97 Å². The zero-order valence-corrected chi connectivity index (χ0v) is 19.3. The summed E-state index contributed by atoms with van der Waals surface area (Å²) in [4.78, 5) is 24.0. The Morgan fingerprint density at radius 1 is 1.00 bits per heavy atom. The molecule has 1 heterocycles. The Bertz CT molecular complexity index is 1340. The molecule has 0 unspecified atom stereocenters. The van der Waals surface area contributed by atoms with Crippen molar-refractivity contribution < 1.29 is 23.5 Å². The number of hydrogen-bond donors (Lipinski definition) is 1. The van der Waals surface area contributed by atoms with E-state index in [9.17, 15) is 9.59 Å².